The topological polar surface area (TPSA) is 63.2 Å². The first-order chi connectivity index (χ1) is 11.9. The van der Waals surface area contributed by atoms with Crippen molar-refractivity contribution in [2.24, 2.45) is 0 Å². The smallest absolute Gasteiger partial charge is 0.333 e. The highest BCUT2D eigenvalue weighted by molar-refractivity contribution is 5.90. The number of cyclic esters (lactones) is 1. The highest BCUT2D eigenvalue weighted by Gasteiger charge is 2.58. The molecule has 0 aliphatic carbocycles. The van der Waals surface area contributed by atoms with Gasteiger partial charge in [0.15, 0.2) is 12.1 Å². The van der Waals surface area contributed by atoms with E-state index in [2.05, 4.69) is 6.58 Å². The van der Waals surface area contributed by atoms with Crippen molar-refractivity contribution in [1.29, 1.82) is 0 Å². The monoisotopic (exact) mass is 346 g/mol. The van der Waals surface area contributed by atoms with Gasteiger partial charge in [-0.05, 0) is 19.4 Å². The van der Waals surface area contributed by atoms with Gasteiger partial charge in [0.1, 0.15) is 24.4 Å². The van der Waals surface area contributed by atoms with Gasteiger partial charge in [0.25, 0.3) is 0 Å². The Balaban J connectivity index is 1.51. The second kappa shape index (κ2) is 6.21. The molecule has 3 aliphatic rings. The van der Waals surface area contributed by atoms with E-state index < -0.39 is 30.4 Å². The predicted octanol–water partition coefficient (Wildman–Crippen LogP) is 2.32. The molecule has 1 aromatic rings. The summed E-state index contributed by atoms with van der Waals surface area (Å²) in [6, 6.07) is 9.88. The summed E-state index contributed by atoms with van der Waals surface area (Å²) in [7, 11) is 0. The van der Waals surface area contributed by atoms with Crippen LogP contribution >= 0.6 is 0 Å². The number of hydrogen-bond acceptors (Lipinski definition) is 6. The average Bonchev–Trinajstić information content (AvgIpc) is 3.16. The molecular weight excluding hydrogens is 324 g/mol. The molecular formula is C19H22O6. The van der Waals surface area contributed by atoms with Gasteiger partial charge in [-0.2, -0.15) is 0 Å². The minimum absolute atomic E-state index is 0.365. The molecule has 0 spiro atoms. The molecule has 1 aromatic carbocycles. The lowest BCUT2D eigenvalue weighted by atomic mass is 10.0. The second-order valence-electron chi connectivity index (χ2n) is 7.08. The van der Waals surface area contributed by atoms with Crippen LogP contribution in [0.25, 0.3) is 0 Å². The molecule has 3 heterocycles. The van der Waals surface area contributed by atoms with Crippen LogP contribution in [0, 0.1) is 0 Å². The highest BCUT2D eigenvalue weighted by Crippen LogP contribution is 2.42. The molecule has 134 valence electrons. The Bertz CT molecular complexity index is 654. The maximum absolute atomic E-state index is 11.7. The van der Waals surface area contributed by atoms with Crippen LogP contribution in [0.15, 0.2) is 42.5 Å². The van der Waals surface area contributed by atoms with Gasteiger partial charge in [-0.1, -0.05) is 36.9 Å². The van der Waals surface area contributed by atoms with Crippen LogP contribution in [-0.2, 0) is 35.1 Å². The number of esters is 1. The third-order valence-electron chi connectivity index (χ3n) is 4.67. The van der Waals surface area contributed by atoms with Crippen molar-refractivity contribution in [2.75, 3.05) is 0 Å². The third-order valence-corrected chi connectivity index (χ3v) is 4.67. The molecule has 3 saturated heterocycles. The van der Waals surface area contributed by atoms with Crippen molar-refractivity contribution in [1.82, 2.24) is 0 Å². The van der Waals surface area contributed by atoms with Gasteiger partial charge in [-0.25, -0.2) is 4.79 Å². The molecule has 0 aromatic heterocycles. The number of carbonyl (C=O) groups excluding carboxylic acids is 1. The highest BCUT2D eigenvalue weighted by atomic mass is 16.8. The standard InChI is InChI=1S/C19H22O6/c1-11-9-13(22-17(11)20)14-15(21-10-12-7-5-4-6-8-12)16-18(23-14)25-19(2,3)24-16/h4-8,13-16,18H,1,9-10H2,2-3H3/t13-,14-,15+,16-,18-/m1/s1. The minimum Gasteiger partial charge on any atom is -0.456 e. The summed E-state index contributed by atoms with van der Waals surface area (Å²) in [5.74, 6) is -1.11. The molecule has 5 atom stereocenters. The predicted molar refractivity (Wildman–Crippen MR) is 87.4 cm³/mol. The van der Waals surface area contributed by atoms with Crippen LogP contribution < -0.4 is 0 Å². The lowest BCUT2D eigenvalue weighted by Gasteiger charge is -2.28. The normalized spacial score (nSPS) is 36.5. The van der Waals surface area contributed by atoms with Crippen molar-refractivity contribution in [2.45, 2.75) is 63.4 Å². The first kappa shape index (κ1) is 16.7. The van der Waals surface area contributed by atoms with Crippen molar-refractivity contribution < 1.29 is 28.5 Å². The van der Waals surface area contributed by atoms with Crippen LogP contribution in [0.5, 0.6) is 0 Å². The van der Waals surface area contributed by atoms with Gasteiger partial charge in [0, 0.05) is 12.0 Å². The van der Waals surface area contributed by atoms with Crippen molar-refractivity contribution in [3.05, 3.63) is 48.0 Å². The average molecular weight is 346 g/mol. The van der Waals surface area contributed by atoms with E-state index in [-0.39, 0.29) is 12.1 Å². The Morgan fingerprint density at radius 2 is 1.96 bits per heavy atom. The Labute approximate surface area is 146 Å². The molecule has 3 fully saturated rings. The van der Waals surface area contributed by atoms with Gasteiger partial charge >= 0.3 is 5.97 Å². The number of benzene rings is 1. The van der Waals surface area contributed by atoms with Crippen molar-refractivity contribution in [3.8, 4) is 0 Å². The summed E-state index contributed by atoms with van der Waals surface area (Å²) in [5.41, 5.74) is 1.50. The van der Waals surface area contributed by atoms with E-state index >= 15 is 0 Å². The van der Waals surface area contributed by atoms with E-state index in [9.17, 15) is 4.79 Å². The summed E-state index contributed by atoms with van der Waals surface area (Å²) in [5, 5.41) is 0. The van der Waals surface area contributed by atoms with E-state index in [1.807, 2.05) is 44.2 Å². The molecule has 3 aliphatic heterocycles. The van der Waals surface area contributed by atoms with Crippen molar-refractivity contribution in [3.63, 3.8) is 0 Å². The zero-order valence-corrected chi connectivity index (χ0v) is 14.3. The number of carbonyl (C=O) groups is 1. The molecule has 6 heteroatoms. The molecule has 0 saturated carbocycles. The number of hydrogen-bond donors (Lipinski definition) is 0. The molecule has 0 bridgehead atoms. The van der Waals surface area contributed by atoms with E-state index in [0.717, 1.165) is 5.56 Å². The molecule has 6 nitrogen and oxygen atoms in total. The SMILES string of the molecule is C=C1C[C@H]([C@H]2O[C@@H]3OC(C)(C)O[C@@H]3[C@H]2OCc2ccccc2)OC1=O. The van der Waals surface area contributed by atoms with E-state index in [1.165, 1.54) is 0 Å². The van der Waals surface area contributed by atoms with Crippen LogP contribution in [0.2, 0.25) is 0 Å². The second-order valence-corrected chi connectivity index (χ2v) is 7.08. The zero-order chi connectivity index (χ0) is 17.6. The van der Waals surface area contributed by atoms with Crippen LogP contribution in [0.3, 0.4) is 0 Å². The van der Waals surface area contributed by atoms with Gasteiger partial charge < -0.3 is 23.7 Å². The molecule has 4 rings (SSSR count). The molecule has 0 radical (unpaired) electrons. The first-order valence-electron chi connectivity index (χ1n) is 8.48. The summed E-state index contributed by atoms with van der Waals surface area (Å²) >= 11 is 0. The fraction of sp³-hybridized carbons (Fsp3) is 0.526. The van der Waals surface area contributed by atoms with Crippen LogP contribution in [0.1, 0.15) is 25.8 Å². The lowest BCUT2D eigenvalue weighted by molar-refractivity contribution is -0.230. The van der Waals surface area contributed by atoms with Gasteiger partial charge in [-0.3, -0.25) is 0 Å². The fourth-order valence-electron chi connectivity index (χ4n) is 3.53. The number of rotatable bonds is 4. The number of fused-ring (bicyclic) bond motifs is 1. The molecule has 25 heavy (non-hydrogen) atoms. The van der Waals surface area contributed by atoms with E-state index in [4.69, 9.17) is 23.7 Å². The van der Waals surface area contributed by atoms with Crippen molar-refractivity contribution >= 4 is 5.97 Å². The zero-order valence-electron chi connectivity index (χ0n) is 14.3. The summed E-state index contributed by atoms with van der Waals surface area (Å²) in [6.07, 6.45) is -1.74. The Hall–Kier alpha value is -1.73. The fourth-order valence-corrected chi connectivity index (χ4v) is 3.53. The molecule has 0 unspecified atom stereocenters. The quantitative estimate of drug-likeness (QED) is 0.616. The Morgan fingerprint density at radius 1 is 1.20 bits per heavy atom. The maximum atomic E-state index is 11.7. The van der Waals surface area contributed by atoms with E-state index in [0.29, 0.717) is 18.6 Å². The van der Waals surface area contributed by atoms with E-state index in [1.54, 1.807) is 0 Å². The minimum atomic E-state index is -0.732. The molecule has 0 amide bonds. The summed E-state index contributed by atoms with van der Waals surface area (Å²) < 4.78 is 29.3. The third kappa shape index (κ3) is 3.22. The lowest BCUT2D eigenvalue weighted by Crippen LogP contribution is -2.42. The maximum Gasteiger partial charge on any atom is 0.333 e. The van der Waals surface area contributed by atoms with Gasteiger partial charge in [0.05, 0.1) is 6.61 Å². The van der Waals surface area contributed by atoms with Gasteiger partial charge in [-0.15, -0.1) is 0 Å². The Morgan fingerprint density at radius 3 is 2.64 bits per heavy atom. The largest absolute Gasteiger partial charge is 0.456 e. The molecule has 0 N–H and O–H groups in total. The first-order valence-corrected chi connectivity index (χ1v) is 8.48. The van der Waals surface area contributed by atoms with Crippen LogP contribution in [-0.4, -0.2) is 42.5 Å². The van der Waals surface area contributed by atoms with Gasteiger partial charge in [0.2, 0.25) is 0 Å². The Kier molecular flexibility index (Phi) is 4.16. The summed E-state index contributed by atoms with van der Waals surface area (Å²) in [6.45, 7) is 7.84. The number of ether oxygens (including phenoxy) is 5. The summed E-state index contributed by atoms with van der Waals surface area (Å²) in [4.78, 5) is 11.7. The van der Waals surface area contributed by atoms with Crippen LogP contribution in [0.4, 0.5) is 0 Å².